The molecular formula is C16H21N3O2. The molecule has 0 N–H and O–H groups in total. The van der Waals surface area contributed by atoms with Crippen molar-refractivity contribution in [3.8, 4) is 17.4 Å². The van der Waals surface area contributed by atoms with Gasteiger partial charge in [0, 0.05) is 19.7 Å². The van der Waals surface area contributed by atoms with Gasteiger partial charge in [0.2, 0.25) is 5.88 Å². The van der Waals surface area contributed by atoms with Gasteiger partial charge in [-0.1, -0.05) is 13.0 Å². The zero-order valence-electron chi connectivity index (χ0n) is 13.0. The molecule has 1 aromatic heterocycles. The molecule has 2 rings (SSSR count). The molecule has 0 fully saturated rings. The number of hydrogen-bond acceptors (Lipinski definition) is 5. The van der Waals surface area contributed by atoms with E-state index in [-0.39, 0.29) is 0 Å². The summed E-state index contributed by atoms with van der Waals surface area (Å²) in [6.45, 7) is 5.07. The lowest BCUT2D eigenvalue weighted by Gasteiger charge is -2.17. The first-order valence-electron chi connectivity index (χ1n) is 6.99. The summed E-state index contributed by atoms with van der Waals surface area (Å²) < 4.78 is 11.2. The van der Waals surface area contributed by atoms with Gasteiger partial charge in [0.15, 0.2) is 11.5 Å². The Labute approximate surface area is 125 Å². The Hall–Kier alpha value is -2.30. The van der Waals surface area contributed by atoms with E-state index >= 15 is 0 Å². The van der Waals surface area contributed by atoms with Crippen LogP contribution in [0.2, 0.25) is 0 Å². The first kappa shape index (κ1) is 15.1. The topological polar surface area (TPSA) is 47.5 Å². The molecule has 0 aliphatic heterocycles. The molecular weight excluding hydrogens is 266 g/mol. The Morgan fingerprint density at radius 3 is 2.67 bits per heavy atom. The van der Waals surface area contributed by atoms with Gasteiger partial charge >= 0.3 is 0 Å². The minimum Gasteiger partial charge on any atom is -0.493 e. The van der Waals surface area contributed by atoms with Crippen molar-refractivity contribution in [1.29, 1.82) is 0 Å². The van der Waals surface area contributed by atoms with Crippen LogP contribution in [0, 0.1) is 6.92 Å². The Bertz CT molecular complexity index is 602. The van der Waals surface area contributed by atoms with E-state index in [4.69, 9.17) is 9.47 Å². The molecule has 0 bridgehead atoms. The summed E-state index contributed by atoms with van der Waals surface area (Å²) in [5.74, 6) is 2.68. The Morgan fingerprint density at radius 1 is 1.14 bits per heavy atom. The van der Waals surface area contributed by atoms with Crippen LogP contribution in [-0.4, -0.2) is 30.7 Å². The second kappa shape index (κ2) is 6.92. The van der Waals surface area contributed by atoms with Crippen LogP contribution in [0.15, 0.2) is 30.6 Å². The minimum absolute atomic E-state index is 0.505. The molecule has 0 unspecified atom stereocenters. The molecule has 0 spiro atoms. The fourth-order valence-electron chi connectivity index (χ4n) is 2.02. The maximum Gasteiger partial charge on any atom is 0.224 e. The summed E-state index contributed by atoms with van der Waals surface area (Å²) in [7, 11) is 3.63. The second-order valence-corrected chi connectivity index (χ2v) is 4.89. The third-order valence-electron chi connectivity index (χ3n) is 3.11. The van der Waals surface area contributed by atoms with Gasteiger partial charge in [-0.2, -0.15) is 0 Å². The molecule has 2 aromatic rings. The second-order valence-electron chi connectivity index (χ2n) is 4.89. The van der Waals surface area contributed by atoms with Crippen LogP contribution in [0.3, 0.4) is 0 Å². The summed E-state index contributed by atoms with van der Waals surface area (Å²) in [4.78, 5) is 10.5. The zero-order chi connectivity index (χ0) is 15.2. The summed E-state index contributed by atoms with van der Waals surface area (Å²) >= 11 is 0. The highest BCUT2D eigenvalue weighted by Crippen LogP contribution is 2.31. The molecule has 1 aromatic carbocycles. The Balaban J connectivity index is 2.22. The first-order valence-corrected chi connectivity index (χ1v) is 6.99. The molecule has 21 heavy (non-hydrogen) atoms. The van der Waals surface area contributed by atoms with Gasteiger partial charge in [-0.25, -0.2) is 9.97 Å². The number of ether oxygens (including phenoxy) is 2. The number of rotatable bonds is 6. The Morgan fingerprint density at radius 2 is 1.95 bits per heavy atom. The van der Waals surface area contributed by atoms with Crippen molar-refractivity contribution in [2.45, 2.75) is 20.3 Å². The molecule has 0 amide bonds. The largest absolute Gasteiger partial charge is 0.493 e. The van der Waals surface area contributed by atoms with Gasteiger partial charge in [0.05, 0.1) is 7.11 Å². The van der Waals surface area contributed by atoms with Crippen molar-refractivity contribution in [3.63, 3.8) is 0 Å². The van der Waals surface area contributed by atoms with Gasteiger partial charge in [0.1, 0.15) is 12.1 Å². The molecule has 0 saturated heterocycles. The number of hydrogen-bond donors (Lipinski definition) is 0. The maximum atomic E-state index is 5.82. The van der Waals surface area contributed by atoms with Gasteiger partial charge < -0.3 is 14.4 Å². The summed E-state index contributed by atoms with van der Waals surface area (Å²) in [6.07, 6.45) is 2.57. The van der Waals surface area contributed by atoms with E-state index in [1.807, 2.05) is 38.2 Å². The summed E-state index contributed by atoms with van der Waals surface area (Å²) in [5.41, 5.74) is 1.12. The van der Waals surface area contributed by atoms with E-state index in [0.717, 1.165) is 24.3 Å². The number of aryl methyl sites for hydroxylation is 1. The average molecular weight is 287 g/mol. The molecule has 0 atom stereocenters. The molecule has 0 aliphatic carbocycles. The predicted octanol–water partition coefficient (Wildman–Crippen LogP) is 3.43. The van der Waals surface area contributed by atoms with Gasteiger partial charge in [-0.15, -0.1) is 0 Å². The highest BCUT2D eigenvalue weighted by atomic mass is 16.5. The van der Waals surface area contributed by atoms with Crippen molar-refractivity contribution in [1.82, 2.24) is 9.97 Å². The molecule has 112 valence electrons. The number of anilines is 1. The zero-order valence-corrected chi connectivity index (χ0v) is 13.0. The third-order valence-corrected chi connectivity index (χ3v) is 3.11. The standard InChI is InChI=1S/C16H21N3O2/c1-5-8-19(3)15-10-16(18-11-17-15)21-13-7-6-12(2)9-14(13)20-4/h6-7,9-11H,5,8H2,1-4H3. The highest BCUT2D eigenvalue weighted by molar-refractivity contribution is 5.46. The van der Waals surface area contributed by atoms with Crippen molar-refractivity contribution >= 4 is 5.82 Å². The van der Waals surface area contributed by atoms with E-state index in [1.54, 1.807) is 7.11 Å². The van der Waals surface area contributed by atoms with E-state index in [2.05, 4.69) is 21.8 Å². The van der Waals surface area contributed by atoms with E-state index in [0.29, 0.717) is 17.4 Å². The maximum absolute atomic E-state index is 5.82. The molecule has 5 nitrogen and oxygen atoms in total. The number of aromatic nitrogens is 2. The molecule has 0 radical (unpaired) electrons. The lowest BCUT2D eigenvalue weighted by Crippen LogP contribution is -2.19. The fraction of sp³-hybridized carbons (Fsp3) is 0.375. The van der Waals surface area contributed by atoms with Crippen LogP contribution >= 0.6 is 0 Å². The minimum atomic E-state index is 0.505. The fourth-order valence-corrected chi connectivity index (χ4v) is 2.02. The van der Waals surface area contributed by atoms with E-state index < -0.39 is 0 Å². The van der Waals surface area contributed by atoms with Gasteiger partial charge in [0.25, 0.3) is 0 Å². The molecule has 1 heterocycles. The van der Waals surface area contributed by atoms with Gasteiger partial charge in [-0.3, -0.25) is 0 Å². The van der Waals surface area contributed by atoms with Crippen LogP contribution in [0.5, 0.6) is 17.4 Å². The number of nitrogens with zero attached hydrogens (tertiary/aromatic N) is 3. The van der Waals surface area contributed by atoms with E-state index in [1.165, 1.54) is 6.33 Å². The van der Waals surface area contributed by atoms with Crippen LogP contribution in [0.4, 0.5) is 5.82 Å². The third kappa shape index (κ3) is 3.84. The van der Waals surface area contributed by atoms with E-state index in [9.17, 15) is 0 Å². The lowest BCUT2D eigenvalue weighted by molar-refractivity contribution is 0.373. The van der Waals surface area contributed by atoms with Crippen molar-refractivity contribution in [3.05, 3.63) is 36.2 Å². The van der Waals surface area contributed by atoms with Crippen LogP contribution in [-0.2, 0) is 0 Å². The van der Waals surface area contributed by atoms with Crippen molar-refractivity contribution in [2.75, 3.05) is 25.6 Å². The monoisotopic (exact) mass is 287 g/mol. The first-order chi connectivity index (χ1) is 10.1. The molecule has 0 saturated carbocycles. The highest BCUT2D eigenvalue weighted by Gasteiger charge is 2.09. The van der Waals surface area contributed by atoms with Gasteiger partial charge in [-0.05, 0) is 31.0 Å². The summed E-state index contributed by atoms with van der Waals surface area (Å²) in [5, 5.41) is 0. The summed E-state index contributed by atoms with van der Waals surface area (Å²) in [6, 6.07) is 7.62. The van der Waals surface area contributed by atoms with Crippen molar-refractivity contribution < 1.29 is 9.47 Å². The van der Waals surface area contributed by atoms with Crippen molar-refractivity contribution in [2.24, 2.45) is 0 Å². The number of benzene rings is 1. The van der Waals surface area contributed by atoms with Crippen LogP contribution < -0.4 is 14.4 Å². The lowest BCUT2D eigenvalue weighted by atomic mass is 10.2. The van der Waals surface area contributed by atoms with Crippen LogP contribution in [0.25, 0.3) is 0 Å². The Kier molecular flexibility index (Phi) is 4.98. The van der Waals surface area contributed by atoms with Crippen LogP contribution in [0.1, 0.15) is 18.9 Å². The molecule has 0 aliphatic rings. The number of methoxy groups -OCH3 is 1. The average Bonchev–Trinajstić information content (AvgIpc) is 2.49. The molecule has 5 heteroatoms. The predicted molar refractivity (Wildman–Crippen MR) is 83.4 cm³/mol. The SMILES string of the molecule is CCCN(C)c1cc(Oc2ccc(C)cc2OC)ncn1. The normalized spacial score (nSPS) is 10.3. The smallest absolute Gasteiger partial charge is 0.224 e. The quantitative estimate of drug-likeness (QED) is 0.814.